The molecule has 4 N–H and O–H groups in total. The summed E-state index contributed by atoms with van der Waals surface area (Å²) >= 11 is 0. The smallest absolute Gasteiger partial charge is 0.0419 e. The van der Waals surface area contributed by atoms with Crippen LogP contribution in [-0.4, -0.2) is 36.6 Å². The normalized spacial score (nSPS) is 53.1. The molecular weight excluding hydrogens is 234 g/mol. The largest absolute Gasteiger partial charge is 0.329 e. The van der Waals surface area contributed by atoms with Gasteiger partial charge in [0.05, 0.1) is 0 Å². The van der Waals surface area contributed by atoms with Gasteiger partial charge < -0.3 is 16.4 Å². The van der Waals surface area contributed by atoms with Gasteiger partial charge in [-0.2, -0.15) is 0 Å². The maximum absolute atomic E-state index is 6.35. The molecule has 1 saturated heterocycles. The van der Waals surface area contributed by atoms with Gasteiger partial charge in [-0.25, -0.2) is 0 Å². The zero-order chi connectivity index (χ0) is 13.1. The number of nitrogens with two attached hydrogens (primary N) is 2. The van der Waals surface area contributed by atoms with Gasteiger partial charge in [0.25, 0.3) is 0 Å². The van der Waals surface area contributed by atoms with E-state index in [0.717, 1.165) is 30.7 Å². The van der Waals surface area contributed by atoms with Crippen LogP contribution in [-0.2, 0) is 0 Å². The van der Waals surface area contributed by atoms with Gasteiger partial charge in [-0.05, 0) is 68.1 Å². The van der Waals surface area contributed by atoms with Crippen LogP contribution in [0, 0.1) is 23.2 Å². The van der Waals surface area contributed by atoms with E-state index in [4.69, 9.17) is 11.5 Å². The van der Waals surface area contributed by atoms with Crippen LogP contribution >= 0.6 is 0 Å². The minimum atomic E-state index is -0.0949. The average molecular weight is 263 g/mol. The first kappa shape index (κ1) is 12.6. The lowest BCUT2D eigenvalue weighted by molar-refractivity contribution is -0.0669. The van der Waals surface area contributed by atoms with Gasteiger partial charge in [-0.3, -0.25) is 0 Å². The van der Waals surface area contributed by atoms with E-state index in [1.807, 2.05) is 0 Å². The quantitative estimate of drug-likeness (QED) is 0.812. The van der Waals surface area contributed by atoms with Crippen LogP contribution in [0.3, 0.4) is 0 Å². The van der Waals surface area contributed by atoms with E-state index in [0.29, 0.717) is 12.0 Å². The molecule has 0 spiro atoms. The monoisotopic (exact) mass is 263 g/mol. The van der Waals surface area contributed by atoms with E-state index < -0.39 is 0 Å². The molecule has 5 aliphatic rings. The fourth-order valence-electron chi connectivity index (χ4n) is 6.24. The first-order chi connectivity index (χ1) is 9.08. The first-order valence-corrected chi connectivity index (χ1v) is 8.29. The Morgan fingerprint density at radius 3 is 2.05 bits per heavy atom. The van der Waals surface area contributed by atoms with Crippen LogP contribution in [0.5, 0.6) is 0 Å². The Hall–Kier alpha value is -0.120. The lowest BCUT2D eigenvalue weighted by Crippen LogP contribution is -2.53. The molecule has 4 saturated carbocycles. The van der Waals surface area contributed by atoms with Crippen molar-refractivity contribution in [2.45, 2.75) is 50.5 Å². The predicted octanol–water partition coefficient (Wildman–Crippen LogP) is 1.56. The second kappa shape index (κ2) is 4.19. The number of hydrogen-bond donors (Lipinski definition) is 2. The SMILES string of the molecule is NCC1(N)CCN(CC23CC4CC(CC(C4)C2)C3)C1. The highest BCUT2D eigenvalue weighted by molar-refractivity contribution is 5.04. The Morgan fingerprint density at radius 1 is 1.00 bits per heavy atom. The molecule has 0 aromatic rings. The molecule has 4 aliphatic carbocycles. The molecule has 1 heterocycles. The second-order valence-electron chi connectivity index (χ2n) is 8.44. The Kier molecular flexibility index (Phi) is 2.78. The van der Waals surface area contributed by atoms with Crippen LogP contribution in [0.4, 0.5) is 0 Å². The Balaban J connectivity index is 1.46. The van der Waals surface area contributed by atoms with E-state index >= 15 is 0 Å². The molecule has 4 bridgehead atoms. The standard InChI is InChI=1S/C16H29N3/c17-9-16(18)1-2-19(11-16)10-15-6-12-3-13(7-15)5-14(4-12)8-15/h12-14H,1-11,17-18H2. The van der Waals surface area contributed by atoms with Gasteiger partial charge in [0, 0.05) is 31.7 Å². The van der Waals surface area contributed by atoms with Crippen molar-refractivity contribution in [3.05, 3.63) is 0 Å². The van der Waals surface area contributed by atoms with Crippen LogP contribution in [0.1, 0.15) is 44.9 Å². The molecule has 3 nitrogen and oxygen atoms in total. The minimum Gasteiger partial charge on any atom is -0.329 e. The van der Waals surface area contributed by atoms with Crippen LogP contribution in [0.25, 0.3) is 0 Å². The Morgan fingerprint density at radius 2 is 1.58 bits per heavy atom. The average Bonchev–Trinajstić information content (AvgIpc) is 2.69. The maximum Gasteiger partial charge on any atom is 0.0419 e. The molecule has 5 fully saturated rings. The lowest BCUT2D eigenvalue weighted by atomic mass is 9.49. The summed E-state index contributed by atoms with van der Waals surface area (Å²) in [6.07, 6.45) is 10.3. The summed E-state index contributed by atoms with van der Waals surface area (Å²) in [5.41, 5.74) is 12.8. The summed E-state index contributed by atoms with van der Waals surface area (Å²) in [5.74, 6) is 3.18. The third-order valence-corrected chi connectivity index (χ3v) is 6.60. The molecular formula is C16H29N3. The first-order valence-electron chi connectivity index (χ1n) is 8.29. The fourth-order valence-corrected chi connectivity index (χ4v) is 6.24. The van der Waals surface area contributed by atoms with Gasteiger partial charge >= 0.3 is 0 Å². The van der Waals surface area contributed by atoms with Gasteiger partial charge in [0.1, 0.15) is 0 Å². The topological polar surface area (TPSA) is 55.3 Å². The Labute approximate surface area is 117 Å². The highest BCUT2D eigenvalue weighted by Gasteiger charge is 2.51. The van der Waals surface area contributed by atoms with E-state index in [1.54, 1.807) is 19.3 Å². The van der Waals surface area contributed by atoms with E-state index in [-0.39, 0.29) is 5.54 Å². The molecule has 1 atom stereocenters. The number of likely N-dealkylation sites (tertiary alicyclic amines) is 1. The van der Waals surface area contributed by atoms with Crippen molar-refractivity contribution in [3.63, 3.8) is 0 Å². The van der Waals surface area contributed by atoms with Crippen molar-refractivity contribution < 1.29 is 0 Å². The summed E-state index contributed by atoms with van der Waals surface area (Å²) in [6.45, 7) is 4.17. The van der Waals surface area contributed by atoms with Crippen molar-refractivity contribution >= 4 is 0 Å². The summed E-state index contributed by atoms with van der Waals surface area (Å²) < 4.78 is 0. The summed E-state index contributed by atoms with van der Waals surface area (Å²) in [5, 5.41) is 0. The molecule has 108 valence electrons. The molecule has 0 amide bonds. The van der Waals surface area contributed by atoms with Gasteiger partial charge in [0.2, 0.25) is 0 Å². The van der Waals surface area contributed by atoms with Crippen molar-refractivity contribution in [2.75, 3.05) is 26.2 Å². The van der Waals surface area contributed by atoms with Gasteiger partial charge in [-0.1, -0.05) is 0 Å². The maximum atomic E-state index is 6.35. The number of rotatable bonds is 3. The van der Waals surface area contributed by atoms with E-state index in [9.17, 15) is 0 Å². The van der Waals surface area contributed by atoms with E-state index in [2.05, 4.69) is 4.90 Å². The van der Waals surface area contributed by atoms with Gasteiger partial charge in [0.15, 0.2) is 0 Å². The highest BCUT2D eigenvalue weighted by Crippen LogP contribution is 2.60. The lowest BCUT2D eigenvalue weighted by Gasteiger charge is -2.57. The van der Waals surface area contributed by atoms with E-state index in [1.165, 1.54) is 32.4 Å². The molecule has 3 heteroatoms. The number of hydrogen-bond acceptors (Lipinski definition) is 3. The van der Waals surface area contributed by atoms with Crippen LogP contribution < -0.4 is 11.5 Å². The van der Waals surface area contributed by atoms with Crippen molar-refractivity contribution in [2.24, 2.45) is 34.6 Å². The zero-order valence-electron chi connectivity index (χ0n) is 12.1. The highest BCUT2D eigenvalue weighted by atomic mass is 15.2. The Bertz CT molecular complexity index is 332. The fraction of sp³-hybridized carbons (Fsp3) is 1.00. The predicted molar refractivity (Wildman–Crippen MR) is 77.6 cm³/mol. The molecule has 5 rings (SSSR count). The number of nitrogens with zero attached hydrogens (tertiary/aromatic N) is 1. The third-order valence-electron chi connectivity index (χ3n) is 6.60. The van der Waals surface area contributed by atoms with Gasteiger partial charge in [-0.15, -0.1) is 0 Å². The molecule has 0 aromatic heterocycles. The third kappa shape index (κ3) is 2.14. The zero-order valence-corrected chi connectivity index (χ0v) is 12.1. The summed E-state index contributed by atoms with van der Waals surface area (Å²) in [6, 6.07) is 0. The molecule has 19 heavy (non-hydrogen) atoms. The van der Waals surface area contributed by atoms with Crippen molar-refractivity contribution in [3.8, 4) is 0 Å². The summed E-state index contributed by atoms with van der Waals surface area (Å²) in [4.78, 5) is 2.64. The van der Waals surface area contributed by atoms with Crippen molar-refractivity contribution in [1.82, 2.24) is 4.90 Å². The molecule has 0 radical (unpaired) electrons. The minimum absolute atomic E-state index is 0.0949. The molecule has 1 aliphatic heterocycles. The van der Waals surface area contributed by atoms with Crippen LogP contribution in [0.15, 0.2) is 0 Å². The second-order valence-corrected chi connectivity index (χ2v) is 8.44. The van der Waals surface area contributed by atoms with Crippen LogP contribution in [0.2, 0.25) is 0 Å². The summed E-state index contributed by atoms with van der Waals surface area (Å²) in [7, 11) is 0. The molecule has 1 unspecified atom stereocenters. The van der Waals surface area contributed by atoms with Crippen molar-refractivity contribution in [1.29, 1.82) is 0 Å². The molecule has 0 aromatic carbocycles.